The molecule has 9 nitrogen and oxygen atoms in total. The number of pyridine rings is 1. The van der Waals surface area contributed by atoms with Gasteiger partial charge < -0.3 is 20.4 Å². The van der Waals surface area contributed by atoms with Gasteiger partial charge in [-0.3, -0.25) is 0 Å². The Labute approximate surface area is 187 Å². The predicted octanol–water partition coefficient (Wildman–Crippen LogP) is 1.72. The van der Waals surface area contributed by atoms with Gasteiger partial charge in [0, 0.05) is 49.8 Å². The van der Waals surface area contributed by atoms with Crippen LogP contribution in [-0.2, 0) is 6.42 Å². The fourth-order valence-electron chi connectivity index (χ4n) is 4.38. The second kappa shape index (κ2) is 10.6. The van der Waals surface area contributed by atoms with Crippen molar-refractivity contribution in [3.8, 4) is 11.1 Å². The van der Waals surface area contributed by atoms with Gasteiger partial charge in [0.1, 0.15) is 5.82 Å². The molecule has 32 heavy (non-hydrogen) atoms. The second-order valence-electron chi connectivity index (χ2n) is 8.29. The number of aliphatic hydroxyl groups excluding tert-OH is 1. The minimum absolute atomic E-state index is 0.237. The molecule has 2 aromatic heterocycles. The Balaban J connectivity index is 1.48. The average molecular weight is 438 g/mol. The highest BCUT2D eigenvalue weighted by atomic mass is 16.5. The highest BCUT2D eigenvalue weighted by Gasteiger charge is 2.31. The molecule has 0 spiro atoms. The Hall–Kier alpha value is -2.88. The van der Waals surface area contributed by atoms with Crippen molar-refractivity contribution < 1.29 is 10.2 Å². The number of tetrazole rings is 1. The van der Waals surface area contributed by atoms with E-state index in [0.717, 1.165) is 55.1 Å². The maximum atomic E-state index is 9.96. The number of hydrogen-bond acceptors (Lipinski definition) is 8. The Bertz CT molecular complexity index is 939. The minimum atomic E-state index is -1.43. The Morgan fingerprint density at radius 1 is 1.03 bits per heavy atom. The summed E-state index contributed by atoms with van der Waals surface area (Å²) in [4.78, 5) is 6.96. The van der Waals surface area contributed by atoms with Gasteiger partial charge in [-0.2, -0.15) is 5.21 Å². The lowest BCUT2D eigenvalue weighted by molar-refractivity contribution is -0.0943. The van der Waals surface area contributed by atoms with E-state index in [1.807, 2.05) is 13.1 Å². The number of anilines is 1. The highest BCUT2D eigenvalue weighted by molar-refractivity contribution is 5.64. The largest absolute Gasteiger partial charge is 0.368 e. The molecule has 1 aliphatic heterocycles. The molecule has 4 rings (SSSR count). The maximum Gasteiger partial charge on any atom is 0.178 e. The summed E-state index contributed by atoms with van der Waals surface area (Å²) in [6.45, 7) is 5.96. The summed E-state index contributed by atoms with van der Waals surface area (Å²) >= 11 is 0. The molecule has 0 radical (unpaired) electrons. The number of rotatable bonds is 9. The lowest BCUT2D eigenvalue weighted by Gasteiger charge is -2.28. The van der Waals surface area contributed by atoms with Crippen molar-refractivity contribution in [1.82, 2.24) is 30.9 Å². The number of nitrogens with one attached hydrogen (secondary N) is 2. The first-order chi connectivity index (χ1) is 15.7. The third-order valence-corrected chi connectivity index (χ3v) is 6.15. The highest BCUT2D eigenvalue weighted by Crippen LogP contribution is 2.32. The standard InChI is InChI=1S/C23H31N7O2/c1-2-3-19(23(31)32)20(22-26-28-29-27-22)14-16-4-6-17(7-5-16)18-8-9-21(25-15-18)30-12-10-24-11-13-30/h4-9,15,19-20,23-24,31-32H,2-3,10-14H2,1H3,(H,26,27,28,29). The van der Waals surface area contributed by atoms with Gasteiger partial charge in [0.15, 0.2) is 12.1 Å². The van der Waals surface area contributed by atoms with E-state index in [4.69, 9.17) is 0 Å². The summed E-state index contributed by atoms with van der Waals surface area (Å²) in [5.41, 5.74) is 3.24. The van der Waals surface area contributed by atoms with Crippen LogP contribution in [0.2, 0.25) is 0 Å². The molecule has 3 heterocycles. The van der Waals surface area contributed by atoms with Crippen molar-refractivity contribution in [2.45, 2.75) is 38.4 Å². The summed E-state index contributed by atoms with van der Waals surface area (Å²) in [6, 6.07) is 12.5. The molecule has 2 unspecified atom stereocenters. The lowest BCUT2D eigenvalue weighted by Crippen LogP contribution is -2.43. The quantitative estimate of drug-likeness (QED) is 0.373. The van der Waals surface area contributed by atoms with E-state index in [1.165, 1.54) is 0 Å². The monoisotopic (exact) mass is 437 g/mol. The van der Waals surface area contributed by atoms with Crippen molar-refractivity contribution in [2.24, 2.45) is 5.92 Å². The van der Waals surface area contributed by atoms with Crippen molar-refractivity contribution in [2.75, 3.05) is 31.1 Å². The normalized spacial score (nSPS) is 16.3. The molecule has 0 aliphatic carbocycles. The number of hydrogen-bond donors (Lipinski definition) is 4. The fraction of sp³-hybridized carbons (Fsp3) is 0.478. The van der Waals surface area contributed by atoms with E-state index >= 15 is 0 Å². The zero-order valence-corrected chi connectivity index (χ0v) is 18.4. The summed E-state index contributed by atoms with van der Waals surface area (Å²) in [5, 5.41) is 37.7. The summed E-state index contributed by atoms with van der Waals surface area (Å²) in [7, 11) is 0. The van der Waals surface area contributed by atoms with Crippen LogP contribution in [-0.4, -0.2) is 68.3 Å². The smallest absolute Gasteiger partial charge is 0.178 e. The summed E-state index contributed by atoms with van der Waals surface area (Å²) in [5.74, 6) is 0.922. The topological polar surface area (TPSA) is 123 Å². The summed E-state index contributed by atoms with van der Waals surface area (Å²) < 4.78 is 0. The number of aromatic nitrogens is 5. The van der Waals surface area contributed by atoms with E-state index in [-0.39, 0.29) is 11.8 Å². The number of aromatic amines is 1. The van der Waals surface area contributed by atoms with Crippen LogP contribution in [0.5, 0.6) is 0 Å². The molecule has 1 aliphatic rings. The van der Waals surface area contributed by atoms with Crippen molar-refractivity contribution in [3.05, 3.63) is 54.0 Å². The van der Waals surface area contributed by atoms with Crippen molar-refractivity contribution in [1.29, 1.82) is 0 Å². The average Bonchev–Trinajstić information content (AvgIpc) is 3.37. The molecule has 1 aromatic carbocycles. The predicted molar refractivity (Wildman–Crippen MR) is 122 cm³/mol. The van der Waals surface area contributed by atoms with E-state index in [9.17, 15) is 10.2 Å². The van der Waals surface area contributed by atoms with Crippen molar-refractivity contribution >= 4 is 5.82 Å². The van der Waals surface area contributed by atoms with Crippen molar-refractivity contribution in [3.63, 3.8) is 0 Å². The molecule has 1 fully saturated rings. The molecule has 1 saturated heterocycles. The minimum Gasteiger partial charge on any atom is -0.368 e. The Kier molecular flexibility index (Phi) is 7.41. The van der Waals surface area contributed by atoms with Crippen LogP contribution in [0.3, 0.4) is 0 Å². The SMILES string of the molecule is CCCC(C(O)O)C(Cc1ccc(-c2ccc(N3CCNCC3)nc2)cc1)c1nn[nH]n1. The number of H-pyrrole nitrogens is 1. The molecule has 3 aromatic rings. The molecule has 4 N–H and O–H groups in total. The van der Waals surface area contributed by atoms with Gasteiger partial charge in [0.05, 0.1) is 0 Å². The first kappa shape index (κ1) is 22.3. The summed E-state index contributed by atoms with van der Waals surface area (Å²) in [6.07, 6.45) is 2.60. The van der Waals surface area contributed by atoms with Crippen LogP contribution in [0.4, 0.5) is 5.82 Å². The van der Waals surface area contributed by atoms with Crippen LogP contribution in [0, 0.1) is 5.92 Å². The van der Waals surface area contributed by atoms with E-state index < -0.39 is 6.29 Å². The van der Waals surface area contributed by atoms with Gasteiger partial charge in [0.2, 0.25) is 0 Å². The Morgan fingerprint density at radius 3 is 2.38 bits per heavy atom. The number of piperazine rings is 1. The number of benzene rings is 1. The first-order valence-corrected chi connectivity index (χ1v) is 11.3. The van der Waals surface area contributed by atoms with Gasteiger partial charge in [-0.1, -0.05) is 42.8 Å². The van der Waals surface area contributed by atoms with Gasteiger partial charge in [0.25, 0.3) is 0 Å². The molecule has 0 saturated carbocycles. The van der Waals surface area contributed by atoms with Gasteiger partial charge in [-0.05, 0) is 36.1 Å². The fourth-order valence-corrected chi connectivity index (χ4v) is 4.38. The van der Waals surface area contributed by atoms with E-state index in [1.54, 1.807) is 0 Å². The third-order valence-electron chi connectivity index (χ3n) is 6.15. The van der Waals surface area contributed by atoms with Crippen LogP contribution in [0.1, 0.15) is 37.1 Å². The molecule has 170 valence electrons. The first-order valence-electron chi connectivity index (χ1n) is 11.3. The molecule has 0 amide bonds. The second-order valence-corrected chi connectivity index (χ2v) is 8.29. The van der Waals surface area contributed by atoms with E-state index in [0.29, 0.717) is 18.7 Å². The third kappa shape index (κ3) is 5.29. The van der Waals surface area contributed by atoms with Crippen LogP contribution >= 0.6 is 0 Å². The van der Waals surface area contributed by atoms with Crippen LogP contribution in [0.15, 0.2) is 42.6 Å². The van der Waals surface area contributed by atoms with Crippen LogP contribution in [0.25, 0.3) is 11.1 Å². The molecular weight excluding hydrogens is 406 g/mol. The van der Waals surface area contributed by atoms with Gasteiger partial charge in [-0.15, -0.1) is 10.2 Å². The molecular formula is C23H31N7O2. The zero-order valence-electron chi connectivity index (χ0n) is 18.4. The van der Waals surface area contributed by atoms with E-state index in [2.05, 4.69) is 72.2 Å². The lowest BCUT2D eigenvalue weighted by atomic mass is 9.82. The molecule has 9 heteroatoms. The Morgan fingerprint density at radius 2 is 1.78 bits per heavy atom. The zero-order chi connectivity index (χ0) is 22.3. The van der Waals surface area contributed by atoms with Gasteiger partial charge >= 0.3 is 0 Å². The van der Waals surface area contributed by atoms with Gasteiger partial charge in [-0.25, -0.2) is 4.98 Å². The molecule has 0 bridgehead atoms. The molecule has 2 atom stereocenters. The number of nitrogens with zero attached hydrogens (tertiary/aromatic N) is 5. The maximum absolute atomic E-state index is 9.96. The number of aliphatic hydroxyl groups is 2. The van der Waals surface area contributed by atoms with Crippen LogP contribution < -0.4 is 10.2 Å².